The molecule has 2 saturated carbocycles. The zero-order valence-corrected chi connectivity index (χ0v) is 7.66. The molecular weight excluding hydrogens is 166 g/mol. The lowest BCUT2D eigenvalue weighted by Crippen LogP contribution is -2.37. The molecule has 3 fully saturated rings. The predicted octanol–water partition coefficient (Wildman–Crippen LogP) is 0.677. The van der Waals surface area contributed by atoms with E-state index >= 15 is 0 Å². The number of nitrogens with two attached hydrogens (primary N) is 1. The van der Waals surface area contributed by atoms with Crippen LogP contribution in [0.1, 0.15) is 25.7 Å². The Morgan fingerprint density at radius 3 is 2.77 bits per heavy atom. The van der Waals surface area contributed by atoms with Crippen LogP contribution in [0.25, 0.3) is 0 Å². The molecule has 3 nitrogen and oxygen atoms in total. The van der Waals surface area contributed by atoms with E-state index in [-0.39, 0.29) is 11.4 Å². The molecule has 2 bridgehead atoms. The summed E-state index contributed by atoms with van der Waals surface area (Å²) >= 11 is 0. The Hall–Kier alpha value is -0.570. The standard InChI is InChI=1S/C10H15NO2/c11-8-2-7-1-6(8)3-10(7)4-9(12)13-5-10/h6-8H,1-5,11H2. The summed E-state index contributed by atoms with van der Waals surface area (Å²) in [6.45, 7) is 0.666. The SMILES string of the molecule is NC1CC2CC1CC21COC(=O)C1. The van der Waals surface area contributed by atoms with Crippen molar-refractivity contribution in [2.24, 2.45) is 23.0 Å². The molecule has 0 aromatic carbocycles. The Kier molecular flexibility index (Phi) is 1.36. The maximum absolute atomic E-state index is 11.1. The molecule has 4 atom stereocenters. The van der Waals surface area contributed by atoms with E-state index < -0.39 is 0 Å². The van der Waals surface area contributed by atoms with Crippen molar-refractivity contribution in [3.63, 3.8) is 0 Å². The van der Waals surface area contributed by atoms with E-state index in [9.17, 15) is 4.79 Å². The first-order valence-corrected chi connectivity index (χ1v) is 5.11. The van der Waals surface area contributed by atoms with Crippen molar-refractivity contribution in [3.05, 3.63) is 0 Å². The van der Waals surface area contributed by atoms with Crippen LogP contribution < -0.4 is 5.73 Å². The summed E-state index contributed by atoms with van der Waals surface area (Å²) < 4.78 is 5.10. The summed E-state index contributed by atoms with van der Waals surface area (Å²) in [7, 11) is 0. The van der Waals surface area contributed by atoms with E-state index in [2.05, 4.69) is 0 Å². The van der Waals surface area contributed by atoms with Gasteiger partial charge in [-0.1, -0.05) is 0 Å². The van der Waals surface area contributed by atoms with E-state index in [1.165, 1.54) is 6.42 Å². The Morgan fingerprint density at radius 1 is 1.46 bits per heavy atom. The maximum Gasteiger partial charge on any atom is 0.306 e. The molecule has 3 heteroatoms. The average Bonchev–Trinajstić information content (AvgIpc) is 2.68. The minimum Gasteiger partial charge on any atom is -0.465 e. The first kappa shape index (κ1) is 7.80. The first-order chi connectivity index (χ1) is 6.20. The molecule has 1 spiro atoms. The molecule has 0 aromatic rings. The molecule has 1 aliphatic heterocycles. The van der Waals surface area contributed by atoms with Crippen LogP contribution in [0.3, 0.4) is 0 Å². The zero-order valence-electron chi connectivity index (χ0n) is 7.66. The van der Waals surface area contributed by atoms with Crippen molar-refractivity contribution in [1.82, 2.24) is 0 Å². The second-order valence-electron chi connectivity index (χ2n) is 5.00. The number of carbonyl (C=O) groups is 1. The lowest BCUT2D eigenvalue weighted by atomic mass is 9.71. The van der Waals surface area contributed by atoms with Crippen LogP contribution in [0.15, 0.2) is 0 Å². The number of fused-ring (bicyclic) bond motifs is 3. The van der Waals surface area contributed by atoms with Crippen LogP contribution in [0.4, 0.5) is 0 Å². The van der Waals surface area contributed by atoms with Crippen molar-refractivity contribution in [2.75, 3.05) is 6.61 Å². The van der Waals surface area contributed by atoms with Gasteiger partial charge in [0, 0.05) is 11.5 Å². The van der Waals surface area contributed by atoms with Crippen LogP contribution >= 0.6 is 0 Å². The van der Waals surface area contributed by atoms with Crippen LogP contribution in [0.2, 0.25) is 0 Å². The average molecular weight is 181 g/mol. The van der Waals surface area contributed by atoms with Gasteiger partial charge >= 0.3 is 5.97 Å². The monoisotopic (exact) mass is 181 g/mol. The molecule has 1 saturated heterocycles. The van der Waals surface area contributed by atoms with Crippen LogP contribution in [0.5, 0.6) is 0 Å². The van der Waals surface area contributed by atoms with E-state index in [4.69, 9.17) is 10.5 Å². The molecule has 4 unspecified atom stereocenters. The van der Waals surface area contributed by atoms with Crippen molar-refractivity contribution in [1.29, 1.82) is 0 Å². The number of hydrogen-bond donors (Lipinski definition) is 1. The topological polar surface area (TPSA) is 52.3 Å². The van der Waals surface area contributed by atoms with Crippen molar-refractivity contribution in [3.8, 4) is 0 Å². The Morgan fingerprint density at radius 2 is 2.31 bits per heavy atom. The fourth-order valence-electron chi connectivity index (χ4n) is 3.59. The summed E-state index contributed by atoms with van der Waals surface area (Å²) in [6.07, 6.45) is 4.13. The number of cyclic esters (lactones) is 1. The lowest BCUT2D eigenvalue weighted by Gasteiger charge is -2.32. The summed E-state index contributed by atoms with van der Waals surface area (Å²) in [6, 6.07) is 0.395. The van der Waals surface area contributed by atoms with Gasteiger partial charge in [-0.15, -0.1) is 0 Å². The van der Waals surface area contributed by atoms with E-state index in [0.717, 1.165) is 12.8 Å². The molecule has 2 aliphatic carbocycles. The highest BCUT2D eigenvalue weighted by Crippen LogP contribution is 2.58. The number of esters is 1. The summed E-state index contributed by atoms with van der Waals surface area (Å²) in [5.41, 5.74) is 6.19. The smallest absolute Gasteiger partial charge is 0.306 e. The number of ether oxygens (including phenoxy) is 1. The lowest BCUT2D eigenvalue weighted by molar-refractivity contribution is -0.137. The molecule has 3 rings (SSSR count). The molecule has 0 aromatic heterocycles. The van der Waals surface area contributed by atoms with Crippen molar-refractivity contribution in [2.45, 2.75) is 31.7 Å². The van der Waals surface area contributed by atoms with E-state index in [0.29, 0.717) is 30.9 Å². The van der Waals surface area contributed by atoms with Crippen LogP contribution in [0, 0.1) is 17.3 Å². The third-order valence-electron chi connectivity index (χ3n) is 4.30. The molecule has 0 amide bonds. The molecule has 2 N–H and O–H groups in total. The Balaban J connectivity index is 1.85. The third-order valence-corrected chi connectivity index (χ3v) is 4.30. The number of rotatable bonds is 0. The van der Waals surface area contributed by atoms with Gasteiger partial charge in [-0.25, -0.2) is 0 Å². The summed E-state index contributed by atoms with van der Waals surface area (Å²) in [5, 5.41) is 0. The maximum atomic E-state index is 11.1. The summed E-state index contributed by atoms with van der Waals surface area (Å²) in [5.74, 6) is 1.33. The Labute approximate surface area is 77.6 Å². The highest BCUT2D eigenvalue weighted by atomic mass is 16.5. The molecule has 0 radical (unpaired) electrons. The van der Waals surface area contributed by atoms with E-state index in [1.54, 1.807) is 0 Å². The molecule has 13 heavy (non-hydrogen) atoms. The molecule has 1 heterocycles. The van der Waals surface area contributed by atoms with Gasteiger partial charge < -0.3 is 10.5 Å². The Bertz CT molecular complexity index is 264. The number of hydrogen-bond acceptors (Lipinski definition) is 3. The van der Waals surface area contributed by atoms with Gasteiger partial charge in [0.1, 0.15) is 0 Å². The normalized spacial score (nSPS) is 53.3. The number of carbonyl (C=O) groups excluding carboxylic acids is 1. The summed E-state index contributed by atoms with van der Waals surface area (Å²) in [4.78, 5) is 11.1. The minimum atomic E-state index is 0.00104. The van der Waals surface area contributed by atoms with E-state index in [1.807, 2.05) is 0 Å². The highest BCUT2D eigenvalue weighted by molar-refractivity contribution is 5.72. The molecular formula is C10H15NO2. The van der Waals surface area contributed by atoms with Gasteiger partial charge in [0.25, 0.3) is 0 Å². The van der Waals surface area contributed by atoms with Crippen molar-refractivity contribution >= 4 is 5.97 Å². The van der Waals surface area contributed by atoms with Gasteiger partial charge in [0.2, 0.25) is 0 Å². The van der Waals surface area contributed by atoms with Gasteiger partial charge in [-0.3, -0.25) is 4.79 Å². The molecule has 72 valence electrons. The van der Waals surface area contributed by atoms with Crippen LogP contribution in [-0.4, -0.2) is 18.6 Å². The zero-order chi connectivity index (χ0) is 9.05. The fourth-order valence-corrected chi connectivity index (χ4v) is 3.59. The minimum absolute atomic E-state index is 0.00104. The predicted molar refractivity (Wildman–Crippen MR) is 46.8 cm³/mol. The quantitative estimate of drug-likeness (QED) is 0.559. The van der Waals surface area contributed by atoms with Crippen molar-refractivity contribution < 1.29 is 9.53 Å². The second-order valence-corrected chi connectivity index (χ2v) is 5.00. The largest absolute Gasteiger partial charge is 0.465 e. The van der Waals surface area contributed by atoms with Gasteiger partial charge in [0.05, 0.1) is 13.0 Å². The molecule has 3 aliphatic rings. The highest BCUT2D eigenvalue weighted by Gasteiger charge is 2.57. The first-order valence-electron chi connectivity index (χ1n) is 5.11. The van der Waals surface area contributed by atoms with Crippen LogP contribution in [-0.2, 0) is 9.53 Å². The second kappa shape index (κ2) is 2.27. The van der Waals surface area contributed by atoms with Gasteiger partial charge in [-0.05, 0) is 31.1 Å². The third kappa shape index (κ3) is 0.909. The van der Waals surface area contributed by atoms with Gasteiger partial charge in [-0.2, -0.15) is 0 Å². The fraction of sp³-hybridized carbons (Fsp3) is 0.900. The van der Waals surface area contributed by atoms with Gasteiger partial charge in [0.15, 0.2) is 0 Å².